The molecule has 0 aliphatic carbocycles. The van der Waals surface area contributed by atoms with E-state index in [4.69, 9.17) is 0 Å². The number of benzene rings is 2. The Morgan fingerprint density at radius 2 is 1.75 bits per heavy atom. The fourth-order valence-electron chi connectivity index (χ4n) is 4.53. The van der Waals surface area contributed by atoms with Crippen LogP contribution in [0.25, 0.3) is 10.8 Å². The van der Waals surface area contributed by atoms with E-state index >= 15 is 0 Å². The molecule has 0 saturated carbocycles. The molecule has 2 heterocycles. The molecule has 2 N–H and O–H groups in total. The molecule has 28 heavy (non-hydrogen) atoms. The molecule has 2 unspecified atom stereocenters. The number of carbonyl (C=O) groups excluding carboxylic acids is 2. The first-order valence-corrected chi connectivity index (χ1v) is 9.85. The average molecular weight is 402 g/mol. The molecule has 5 nitrogen and oxygen atoms in total. The second-order valence-corrected chi connectivity index (χ2v) is 7.86. The summed E-state index contributed by atoms with van der Waals surface area (Å²) in [6.45, 7) is 0.0688. The van der Waals surface area contributed by atoms with Crippen LogP contribution in [0, 0.1) is 0 Å². The second-order valence-electron chi connectivity index (χ2n) is 7.86. The van der Waals surface area contributed by atoms with Crippen LogP contribution in [0.4, 0.5) is 0 Å². The van der Waals surface area contributed by atoms with E-state index in [1.165, 1.54) is 12.8 Å². The third kappa shape index (κ3) is 4.47. The molecule has 4 rings (SSSR count). The summed E-state index contributed by atoms with van der Waals surface area (Å²) in [7, 11) is 1.87. The van der Waals surface area contributed by atoms with Crippen LogP contribution in [0.5, 0.6) is 0 Å². The van der Waals surface area contributed by atoms with Crippen molar-refractivity contribution in [1.82, 2.24) is 15.5 Å². The van der Waals surface area contributed by atoms with Crippen molar-refractivity contribution in [3.8, 4) is 0 Å². The van der Waals surface area contributed by atoms with E-state index in [-0.39, 0.29) is 43.2 Å². The Bertz CT molecular complexity index is 839. The molecule has 2 atom stereocenters. The Morgan fingerprint density at radius 3 is 2.50 bits per heavy atom. The number of nitrogens with zero attached hydrogens (tertiary/aromatic N) is 1. The summed E-state index contributed by atoms with van der Waals surface area (Å²) in [4.78, 5) is 26.8. The lowest BCUT2D eigenvalue weighted by Gasteiger charge is -2.35. The highest BCUT2D eigenvalue weighted by molar-refractivity contribution is 5.91. The first-order valence-electron chi connectivity index (χ1n) is 9.85. The van der Waals surface area contributed by atoms with Crippen molar-refractivity contribution in [1.29, 1.82) is 0 Å². The third-order valence-corrected chi connectivity index (χ3v) is 6.06. The van der Waals surface area contributed by atoms with E-state index in [0.29, 0.717) is 12.1 Å². The molecule has 0 aromatic heterocycles. The molecular weight excluding hydrogens is 374 g/mol. The first-order chi connectivity index (χ1) is 13.1. The van der Waals surface area contributed by atoms with Crippen molar-refractivity contribution in [2.45, 2.75) is 50.2 Å². The van der Waals surface area contributed by atoms with Gasteiger partial charge in [-0.15, -0.1) is 12.4 Å². The highest BCUT2D eigenvalue weighted by Gasteiger charge is 2.36. The zero-order valence-electron chi connectivity index (χ0n) is 16.2. The number of hydrogen-bond donors (Lipinski definition) is 2. The lowest BCUT2D eigenvalue weighted by Crippen LogP contribution is -2.50. The van der Waals surface area contributed by atoms with Gasteiger partial charge in [-0.1, -0.05) is 42.5 Å². The van der Waals surface area contributed by atoms with Crippen molar-refractivity contribution in [2.75, 3.05) is 13.6 Å². The molecule has 2 aliphatic heterocycles. The lowest BCUT2D eigenvalue weighted by atomic mass is 9.98. The fraction of sp³-hybridized carbons (Fsp3) is 0.455. The van der Waals surface area contributed by atoms with Gasteiger partial charge in [-0.3, -0.25) is 9.59 Å². The number of halogens is 1. The summed E-state index contributed by atoms with van der Waals surface area (Å²) in [6.07, 6.45) is 4.75. The van der Waals surface area contributed by atoms with Gasteiger partial charge >= 0.3 is 0 Å². The Labute approximate surface area is 172 Å². The Hall–Kier alpha value is -2.11. The molecular formula is C22H28ClN3O2. The van der Waals surface area contributed by atoms with Crippen LogP contribution in [-0.2, 0) is 16.0 Å². The lowest BCUT2D eigenvalue weighted by molar-refractivity contribution is -0.134. The minimum atomic E-state index is -0.113. The van der Waals surface area contributed by atoms with Gasteiger partial charge in [0.1, 0.15) is 0 Å². The van der Waals surface area contributed by atoms with E-state index in [0.717, 1.165) is 29.2 Å². The van der Waals surface area contributed by atoms with Gasteiger partial charge < -0.3 is 15.5 Å². The summed E-state index contributed by atoms with van der Waals surface area (Å²) in [5.41, 5.74) is 0.987. The summed E-state index contributed by atoms with van der Waals surface area (Å²) >= 11 is 0. The average Bonchev–Trinajstić information content (AvgIpc) is 3.03. The van der Waals surface area contributed by atoms with Gasteiger partial charge in [0.25, 0.3) is 0 Å². The molecule has 6 heteroatoms. The van der Waals surface area contributed by atoms with Crippen LogP contribution < -0.4 is 10.6 Å². The third-order valence-electron chi connectivity index (χ3n) is 6.06. The summed E-state index contributed by atoms with van der Waals surface area (Å²) in [6, 6.07) is 15.4. The Balaban J connectivity index is 0.00000225. The van der Waals surface area contributed by atoms with Crippen LogP contribution in [-0.4, -0.2) is 48.4 Å². The van der Waals surface area contributed by atoms with Crippen LogP contribution in [0.15, 0.2) is 42.5 Å². The van der Waals surface area contributed by atoms with Crippen LogP contribution in [0.1, 0.15) is 31.2 Å². The minimum absolute atomic E-state index is 0. The normalized spacial score (nSPS) is 23.1. The molecule has 0 spiro atoms. The van der Waals surface area contributed by atoms with Gasteiger partial charge in [-0.25, -0.2) is 0 Å². The number of fused-ring (bicyclic) bond motifs is 3. The highest BCUT2D eigenvalue weighted by atomic mass is 35.5. The van der Waals surface area contributed by atoms with E-state index < -0.39 is 0 Å². The van der Waals surface area contributed by atoms with Gasteiger partial charge in [-0.2, -0.15) is 0 Å². The smallest absolute Gasteiger partial charge is 0.241 e. The van der Waals surface area contributed by atoms with Gasteiger partial charge in [0.05, 0.1) is 13.0 Å². The number of carbonyl (C=O) groups is 2. The number of nitrogens with one attached hydrogen (secondary N) is 2. The number of piperidine rings is 1. The largest absolute Gasteiger partial charge is 0.347 e. The zero-order chi connectivity index (χ0) is 18.8. The van der Waals surface area contributed by atoms with Crippen LogP contribution in [0.2, 0.25) is 0 Å². The topological polar surface area (TPSA) is 61.4 Å². The first kappa shape index (κ1) is 20.6. The van der Waals surface area contributed by atoms with Gasteiger partial charge in [0.2, 0.25) is 11.8 Å². The highest BCUT2D eigenvalue weighted by Crippen LogP contribution is 2.29. The molecule has 2 aromatic rings. The van der Waals surface area contributed by atoms with E-state index in [1.807, 2.05) is 54.4 Å². The quantitative estimate of drug-likeness (QED) is 0.809. The zero-order valence-corrected chi connectivity index (χ0v) is 17.0. The monoisotopic (exact) mass is 401 g/mol. The minimum Gasteiger partial charge on any atom is -0.347 e. The van der Waals surface area contributed by atoms with Crippen molar-refractivity contribution in [3.63, 3.8) is 0 Å². The SMILES string of the molecule is CN(C(=O)CNC(=O)Cc1cccc2ccccc12)C1CC2CCC(C1)N2.Cl. The molecule has 2 fully saturated rings. The number of likely N-dealkylation sites (N-methyl/N-ethyl adjacent to an activating group) is 1. The second kappa shape index (κ2) is 8.93. The maximum Gasteiger partial charge on any atom is 0.241 e. The van der Waals surface area contributed by atoms with E-state index in [9.17, 15) is 9.59 Å². The predicted octanol–water partition coefficient (Wildman–Crippen LogP) is 2.66. The standard InChI is InChI=1S/C22H27N3O2.ClH/c1-25(19-12-17-9-10-18(13-19)24-17)22(27)14-23-21(26)11-16-7-4-6-15-5-2-3-8-20(15)16;/h2-8,17-19,24H,9-14H2,1H3,(H,23,26);1H. The van der Waals surface area contributed by atoms with E-state index in [2.05, 4.69) is 10.6 Å². The Kier molecular flexibility index (Phi) is 6.57. The maximum absolute atomic E-state index is 12.5. The molecule has 150 valence electrons. The number of rotatable bonds is 5. The van der Waals surface area contributed by atoms with Gasteiger partial charge in [-0.05, 0) is 42.0 Å². The molecule has 2 aromatic carbocycles. The molecule has 2 bridgehead atoms. The molecule has 2 amide bonds. The number of amides is 2. The summed E-state index contributed by atoms with van der Waals surface area (Å²) < 4.78 is 0. The predicted molar refractivity (Wildman–Crippen MR) is 114 cm³/mol. The van der Waals surface area contributed by atoms with Gasteiger partial charge in [0, 0.05) is 25.2 Å². The van der Waals surface area contributed by atoms with Crippen molar-refractivity contribution < 1.29 is 9.59 Å². The molecule has 2 aliphatic rings. The maximum atomic E-state index is 12.5. The van der Waals surface area contributed by atoms with Crippen molar-refractivity contribution in [3.05, 3.63) is 48.0 Å². The Morgan fingerprint density at radius 1 is 1.07 bits per heavy atom. The summed E-state index contributed by atoms with van der Waals surface area (Å²) in [5.74, 6) is -0.119. The van der Waals surface area contributed by atoms with Crippen LogP contribution in [0.3, 0.4) is 0 Å². The van der Waals surface area contributed by atoms with Crippen molar-refractivity contribution >= 4 is 35.0 Å². The van der Waals surface area contributed by atoms with Crippen molar-refractivity contribution in [2.24, 2.45) is 0 Å². The van der Waals surface area contributed by atoms with Gasteiger partial charge in [0.15, 0.2) is 0 Å². The van der Waals surface area contributed by atoms with E-state index in [1.54, 1.807) is 0 Å². The molecule has 0 radical (unpaired) electrons. The number of hydrogen-bond acceptors (Lipinski definition) is 3. The molecule has 2 saturated heterocycles. The fourth-order valence-corrected chi connectivity index (χ4v) is 4.53. The van der Waals surface area contributed by atoms with Crippen LogP contribution >= 0.6 is 12.4 Å². The summed E-state index contributed by atoms with van der Waals surface area (Å²) in [5, 5.41) is 8.62.